The first kappa shape index (κ1) is 16.8. The maximum Gasteiger partial charge on any atom is 0.0954 e. The van der Waals surface area contributed by atoms with Gasteiger partial charge in [-0.05, 0) is 43.2 Å². The van der Waals surface area contributed by atoms with Crippen molar-refractivity contribution < 1.29 is 0 Å². The zero-order valence-electron chi connectivity index (χ0n) is 16.1. The Morgan fingerprint density at radius 2 is 1.57 bits per heavy atom. The van der Waals surface area contributed by atoms with Gasteiger partial charge in [0.2, 0.25) is 0 Å². The topological polar surface area (TPSA) is 16.1 Å². The number of para-hydroxylation sites is 1. The van der Waals surface area contributed by atoms with Gasteiger partial charge in [-0.15, -0.1) is 0 Å². The van der Waals surface area contributed by atoms with Crippen LogP contribution in [0, 0.1) is 6.92 Å². The third-order valence-corrected chi connectivity index (χ3v) is 5.44. The highest BCUT2D eigenvalue weighted by Crippen LogP contribution is 2.42. The summed E-state index contributed by atoms with van der Waals surface area (Å²) < 4.78 is 0. The molecule has 1 unspecified atom stereocenters. The van der Waals surface area contributed by atoms with E-state index in [1.807, 2.05) is 0 Å². The Morgan fingerprint density at radius 3 is 2.32 bits per heavy atom. The van der Waals surface area contributed by atoms with Gasteiger partial charge in [0.1, 0.15) is 0 Å². The van der Waals surface area contributed by atoms with Gasteiger partial charge in [-0.25, -0.2) is 0 Å². The van der Waals surface area contributed by atoms with Gasteiger partial charge in [0.05, 0.1) is 11.2 Å². The van der Waals surface area contributed by atoms with E-state index >= 15 is 0 Å². The number of aryl methyl sites for hydroxylation is 1. The van der Waals surface area contributed by atoms with E-state index in [9.17, 15) is 0 Å². The van der Waals surface area contributed by atoms with Gasteiger partial charge in [-0.1, -0.05) is 72.8 Å². The summed E-state index contributed by atoms with van der Waals surface area (Å²) in [5.74, 6) is 0. The van der Waals surface area contributed by atoms with Gasteiger partial charge in [-0.2, -0.15) is 0 Å². The fraction of sp³-hybridized carbons (Fsp3) is 0.115. The van der Waals surface area contributed by atoms with Crippen molar-refractivity contribution in [1.82, 2.24) is 4.98 Å². The first-order chi connectivity index (χ1) is 13.7. The molecule has 1 aliphatic heterocycles. The van der Waals surface area contributed by atoms with E-state index in [2.05, 4.69) is 110 Å². The number of nitrogens with zero attached hydrogens (tertiary/aromatic N) is 2. The SMILES string of the molecule is Cc1cc(-c2ccccc2)c2ccc3c(c2n1)N(c1ccccc1)C(C)C=C3. The highest BCUT2D eigenvalue weighted by atomic mass is 15.2. The number of rotatable bonds is 2. The lowest BCUT2D eigenvalue weighted by molar-refractivity contribution is 0.860. The number of hydrogen-bond donors (Lipinski definition) is 0. The number of aromatic nitrogens is 1. The zero-order valence-corrected chi connectivity index (χ0v) is 16.1. The van der Waals surface area contributed by atoms with E-state index in [0.717, 1.165) is 11.2 Å². The second-order valence-electron chi connectivity index (χ2n) is 7.38. The lowest BCUT2D eigenvalue weighted by atomic mass is 9.95. The Labute approximate surface area is 165 Å². The molecule has 0 fully saturated rings. The van der Waals surface area contributed by atoms with Gasteiger partial charge in [0.25, 0.3) is 0 Å². The molecule has 5 rings (SSSR count). The van der Waals surface area contributed by atoms with E-state index in [-0.39, 0.29) is 6.04 Å². The smallest absolute Gasteiger partial charge is 0.0954 e. The maximum absolute atomic E-state index is 5.01. The minimum atomic E-state index is 0.267. The summed E-state index contributed by atoms with van der Waals surface area (Å²) in [6.07, 6.45) is 4.49. The second-order valence-corrected chi connectivity index (χ2v) is 7.38. The molecule has 0 spiro atoms. The monoisotopic (exact) mass is 362 g/mol. The summed E-state index contributed by atoms with van der Waals surface area (Å²) in [5.41, 5.74) is 8.17. The molecule has 2 heterocycles. The molecule has 0 saturated heterocycles. The molecule has 4 aromatic rings. The predicted molar refractivity (Wildman–Crippen MR) is 119 cm³/mol. The molecule has 0 saturated carbocycles. The number of pyridine rings is 1. The van der Waals surface area contributed by atoms with Crippen LogP contribution >= 0.6 is 0 Å². The number of anilines is 2. The van der Waals surface area contributed by atoms with Gasteiger partial charge in [0.15, 0.2) is 0 Å². The second kappa shape index (κ2) is 6.65. The largest absolute Gasteiger partial charge is 0.333 e. The minimum absolute atomic E-state index is 0.267. The van der Waals surface area contributed by atoms with Crippen LogP contribution in [0.25, 0.3) is 28.1 Å². The van der Waals surface area contributed by atoms with Gasteiger partial charge in [0, 0.05) is 28.4 Å². The van der Waals surface area contributed by atoms with Crippen molar-refractivity contribution in [3.05, 3.63) is 96.2 Å². The summed E-state index contributed by atoms with van der Waals surface area (Å²) in [6, 6.07) is 28.1. The van der Waals surface area contributed by atoms with E-state index in [1.165, 1.54) is 33.5 Å². The summed E-state index contributed by atoms with van der Waals surface area (Å²) in [7, 11) is 0. The molecule has 136 valence electrons. The van der Waals surface area contributed by atoms with E-state index < -0.39 is 0 Å². The van der Waals surface area contributed by atoms with Crippen LogP contribution in [0.5, 0.6) is 0 Å². The van der Waals surface area contributed by atoms with Gasteiger partial charge >= 0.3 is 0 Å². The van der Waals surface area contributed by atoms with E-state index in [0.29, 0.717) is 0 Å². The molecule has 0 aliphatic carbocycles. The van der Waals surface area contributed by atoms with Crippen LogP contribution in [0.2, 0.25) is 0 Å². The van der Waals surface area contributed by atoms with E-state index in [4.69, 9.17) is 4.98 Å². The van der Waals surface area contributed by atoms with Crippen molar-refractivity contribution in [3.63, 3.8) is 0 Å². The number of fused-ring (bicyclic) bond motifs is 3. The van der Waals surface area contributed by atoms with Crippen LogP contribution < -0.4 is 4.90 Å². The van der Waals surface area contributed by atoms with Crippen molar-refractivity contribution in [2.75, 3.05) is 4.90 Å². The number of benzene rings is 3. The highest BCUT2D eigenvalue weighted by molar-refractivity contribution is 6.05. The quantitative estimate of drug-likeness (QED) is 0.391. The van der Waals surface area contributed by atoms with Crippen LogP contribution in [0.1, 0.15) is 18.2 Å². The van der Waals surface area contributed by atoms with Crippen molar-refractivity contribution >= 4 is 28.4 Å². The highest BCUT2D eigenvalue weighted by Gasteiger charge is 2.24. The molecule has 1 atom stereocenters. The molecule has 0 bridgehead atoms. The molecule has 3 aromatic carbocycles. The minimum Gasteiger partial charge on any atom is -0.333 e. The molecule has 1 aliphatic rings. The molecule has 0 amide bonds. The van der Waals surface area contributed by atoms with E-state index in [1.54, 1.807) is 0 Å². The standard InChI is InChI=1S/C26H22N2/c1-18-17-24(20-9-5-3-6-10-20)23-16-15-21-14-13-19(2)28(26(21)25(23)27-18)22-11-7-4-8-12-22/h3-17,19H,1-2H3. The van der Waals surface area contributed by atoms with Crippen molar-refractivity contribution in [2.24, 2.45) is 0 Å². The Bertz CT molecular complexity index is 1180. The van der Waals surface area contributed by atoms with Gasteiger partial charge < -0.3 is 4.90 Å². The molecule has 0 N–H and O–H groups in total. The Balaban J connectivity index is 1.83. The lowest BCUT2D eigenvalue weighted by Crippen LogP contribution is -2.29. The Kier molecular flexibility index (Phi) is 3.98. The van der Waals surface area contributed by atoms with Crippen LogP contribution in [-0.2, 0) is 0 Å². The average Bonchev–Trinajstić information content (AvgIpc) is 2.74. The maximum atomic E-state index is 5.01. The first-order valence-electron chi connectivity index (χ1n) is 9.74. The predicted octanol–water partition coefficient (Wildman–Crippen LogP) is 6.76. The van der Waals surface area contributed by atoms with Crippen LogP contribution in [0.3, 0.4) is 0 Å². The van der Waals surface area contributed by atoms with Crippen molar-refractivity contribution in [1.29, 1.82) is 0 Å². The average molecular weight is 362 g/mol. The summed E-state index contributed by atoms with van der Waals surface area (Å²) in [6.45, 7) is 4.32. The molecule has 2 heteroatoms. The lowest BCUT2D eigenvalue weighted by Gasteiger charge is -2.34. The third-order valence-electron chi connectivity index (χ3n) is 5.44. The van der Waals surface area contributed by atoms with Crippen LogP contribution in [0.4, 0.5) is 11.4 Å². The van der Waals surface area contributed by atoms with Gasteiger partial charge in [-0.3, -0.25) is 4.98 Å². The summed E-state index contributed by atoms with van der Waals surface area (Å²) in [4.78, 5) is 7.41. The Morgan fingerprint density at radius 1 is 0.857 bits per heavy atom. The summed E-state index contributed by atoms with van der Waals surface area (Å²) >= 11 is 0. The fourth-order valence-corrected chi connectivity index (χ4v) is 4.15. The third kappa shape index (κ3) is 2.69. The number of hydrogen-bond acceptors (Lipinski definition) is 2. The Hall–Kier alpha value is -3.39. The zero-order chi connectivity index (χ0) is 19.1. The van der Waals surface area contributed by atoms with Crippen molar-refractivity contribution in [3.8, 4) is 11.1 Å². The van der Waals surface area contributed by atoms with Crippen LogP contribution in [-0.4, -0.2) is 11.0 Å². The molecule has 2 nitrogen and oxygen atoms in total. The van der Waals surface area contributed by atoms with Crippen LogP contribution in [0.15, 0.2) is 84.9 Å². The molecule has 28 heavy (non-hydrogen) atoms. The molecular weight excluding hydrogens is 340 g/mol. The molecule has 0 radical (unpaired) electrons. The summed E-state index contributed by atoms with van der Waals surface area (Å²) in [5, 5.41) is 1.19. The van der Waals surface area contributed by atoms with Crippen molar-refractivity contribution in [2.45, 2.75) is 19.9 Å². The molecule has 1 aromatic heterocycles. The fourth-order valence-electron chi connectivity index (χ4n) is 4.15. The first-order valence-corrected chi connectivity index (χ1v) is 9.74. The molecular formula is C26H22N2. The normalized spacial score (nSPS) is 15.6.